The monoisotopic (exact) mass is 342 g/mol. The Morgan fingerprint density at radius 3 is 2.59 bits per heavy atom. The van der Waals surface area contributed by atoms with Crippen molar-refractivity contribution in [2.75, 3.05) is 39.4 Å². The van der Waals surface area contributed by atoms with Gasteiger partial charge in [0.2, 0.25) is 5.91 Å². The van der Waals surface area contributed by atoms with Crippen LogP contribution in [0.4, 0.5) is 0 Å². The summed E-state index contributed by atoms with van der Waals surface area (Å²) in [5.74, 6) is 0.438. The summed E-state index contributed by atoms with van der Waals surface area (Å²) in [6.45, 7) is 5.04. The summed E-state index contributed by atoms with van der Waals surface area (Å²) >= 11 is 12.0. The lowest BCUT2D eigenvalue weighted by molar-refractivity contribution is -0.122. The Morgan fingerprint density at radius 2 is 1.91 bits per heavy atom. The number of ether oxygens (including phenoxy) is 1. The van der Waals surface area contributed by atoms with E-state index in [-0.39, 0.29) is 17.7 Å². The van der Waals surface area contributed by atoms with E-state index < -0.39 is 0 Å². The lowest BCUT2D eigenvalue weighted by Gasteiger charge is -2.26. The standard InChI is InChI=1S/C16H20Cl2N2O2/c17-12-7-11(8-13(18)9-12)14-10-15(14)16(21)19-1-2-20-3-5-22-6-4-20/h7-9,14-15H,1-6,10H2,(H,19,21)/t14-,15+/m0/s1. The summed E-state index contributed by atoms with van der Waals surface area (Å²) in [6, 6.07) is 5.52. The van der Waals surface area contributed by atoms with Gasteiger partial charge in [-0.15, -0.1) is 0 Å². The second-order valence-corrected chi connectivity index (χ2v) is 6.77. The fourth-order valence-corrected chi connectivity index (χ4v) is 3.48. The molecule has 2 aliphatic rings. The van der Waals surface area contributed by atoms with Crippen LogP contribution in [0.2, 0.25) is 10.0 Å². The van der Waals surface area contributed by atoms with Crippen LogP contribution in [0.25, 0.3) is 0 Å². The quantitative estimate of drug-likeness (QED) is 0.893. The highest BCUT2D eigenvalue weighted by Crippen LogP contribution is 2.48. The number of benzene rings is 1. The van der Waals surface area contributed by atoms with Gasteiger partial charge in [0.15, 0.2) is 0 Å². The van der Waals surface area contributed by atoms with E-state index in [2.05, 4.69) is 10.2 Å². The van der Waals surface area contributed by atoms with Crippen molar-refractivity contribution in [3.05, 3.63) is 33.8 Å². The Kier molecular flexibility index (Phi) is 5.24. The van der Waals surface area contributed by atoms with E-state index in [1.807, 2.05) is 12.1 Å². The van der Waals surface area contributed by atoms with Crippen LogP contribution in [0.5, 0.6) is 0 Å². The predicted octanol–water partition coefficient (Wildman–Crippen LogP) is 2.55. The van der Waals surface area contributed by atoms with Gasteiger partial charge >= 0.3 is 0 Å². The minimum absolute atomic E-state index is 0.0548. The molecular weight excluding hydrogens is 323 g/mol. The summed E-state index contributed by atoms with van der Waals surface area (Å²) in [5, 5.41) is 4.29. The molecule has 2 atom stereocenters. The van der Waals surface area contributed by atoms with Gasteiger partial charge in [0.1, 0.15) is 0 Å². The normalized spacial score (nSPS) is 25.0. The summed E-state index contributed by atoms with van der Waals surface area (Å²) in [5.41, 5.74) is 1.06. The third-order valence-corrected chi connectivity index (χ3v) is 4.71. The molecule has 22 heavy (non-hydrogen) atoms. The zero-order valence-corrected chi connectivity index (χ0v) is 13.9. The van der Waals surface area contributed by atoms with Crippen molar-refractivity contribution in [2.45, 2.75) is 12.3 Å². The van der Waals surface area contributed by atoms with E-state index in [9.17, 15) is 4.79 Å². The van der Waals surface area contributed by atoms with Gasteiger partial charge in [0, 0.05) is 42.1 Å². The SMILES string of the molecule is O=C(NCCN1CCOCC1)[C@@H]1C[C@H]1c1cc(Cl)cc(Cl)c1. The van der Waals surface area contributed by atoms with E-state index in [0.29, 0.717) is 16.6 Å². The summed E-state index contributed by atoms with van der Waals surface area (Å²) < 4.78 is 5.31. The van der Waals surface area contributed by atoms with Crippen LogP contribution in [0.15, 0.2) is 18.2 Å². The fraction of sp³-hybridized carbons (Fsp3) is 0.562. The van der Waals surface area contributed by atoms with Crippen molar-refractivity contribution >= 4 is 29.1 Å². The Morgan fingerprint density at radius 1 is 1.23 bits per heavy atom. The molecule has 1 aromatic rings. The van der Waals surface area contributed by atoms with Gasteiger partial charge in [0.25, 0.3) is 0 Å². The van der Waals surface area contributed by atoms with Crippen LogP contribution >= 0.6 is 23.2 Å². The first kappa shape index (κ1) is 16.1. The van der Waals surface area contributed by atoms with E-state index >= 15 is 0 Å². The van der Waals surface area contributed by atoms with Crippen molar-refractivity contribution < 1.29 is 9.53 Å². The van der Waals surface area contributed by atoms with Crippen molar-refractivity contribution in [1.82, 2.24) is 10.2 Å². The second kappa shape index (κ2) is 7.18. The maximum absolute atomic E-state index is 12.2. The molecule has 1 aromatic carbocycles. The van der Waals surface area contributed by atoms with Crippen LogP contribution in [-0.2, 0) is 9.53 Å². The van der Waals surface area contributed by atoms with Crippen molar-refractivity contribution in [3.63, 3.8) is 0 Å². The third-order valence-electron chi connectivity index (χ3n) is 4.27. The molecule has 0 bridgehead atoms. The molecule has 1 amide bonds. The lowest BCUT2D eigenvalue weighted by atomic mass is 10.1. The van der Waals surface area contributed by atoms with Gasteiger partial charge in [0.05, 0.1) is 13.2 Å². The smallest absolute Gasteiger partial charge is 0.223 e. The summed E-state index contributed by atoms with van der Waals surface area (Å²) in [6.07, 6.45) is 0.875. The summed E-state index contributed by atoms with van der Waals surface area (Å²) in [4.78, 5) is 14.5. The molecule has 0 unspecified atom stereocenters. The average molecular weight is 343 g/mol. The Balaban J connectivity index is 1.44. The molecule has 1 aliphatic carbocycles. The van der Waals surface area contributed by atoms with E-state index in [1.165, 1.54) is 0 Å². The highest BCUT2D eigenvalue weighted by molar-refractivity contribution is 6.34. The van der Waals surface area contributed by atoms with Gasteiger partial charge in [-0.25, -0.2) is 0 Å². The largest absolute Gasteiger partial charge is 0.379 e. The molecule has 1 heterocycles. The molecular formula is C16H20Cl2N2O2. The number of nitrogens with one attached hydrogen (secondary N) is 1. The molecule has 0 radical (unpaired) electrons. The Hall–Kier alpha value is -0.810. The number of amides is 1. The average Bonchev–Trinajstić information content (AvgIpc) is 3.28. The molecule has 1 saturated heterocycles. The van der Waals surface area contributed by atoms with Crippen LogP contribution in [0.3, 0.4) is 0 Å². The van der Waals surface area contributed by atoms with Crippen molar-refractivity contribution in [3.8, 4) is 0 Å². The van der Waals surface area contributed by atoms with Gasteiger partial charge in [-0.1, -0.05) is 23.2 Å². The third kappa shape index (κ3) is 4.13. The molecule has 120 valence electrons. The van der Waals surface area contributed by atoms with Gasteiger partial charge in [-0.3, -0.25) is 9.69 Å². The number of morpholine rings is 1. The topological polar surface area (TPSA) is 41.6 Å². The van der Waals surface area contributed by atoms with Crippen molar-refractivity contribution in [1.29, 1.82) is 0 Å². The first-order chi connectivity index (χ1) is 10.6. The molecule has 4 nitrogen and oxygen atoms in total. The minimum atomic E-state index is 0.0548. The zero-order chi connectivity index (χ0) is 15.5. The molecule has 0 aromatic heterocycles. The highest BCUT2D eigenvalue weighted by atomic mass is 35.5. The maximum atomic E-state index is 12.2. The number of hydrogen-bond acceptors (Lipinski definition) is 3. The van der Waals surface area contributed by atoms with Gasteiger partial charge in [-0.05, 0) is 36.1 Å². The molecule has 1 aliphatic heterocycles. The van der Waals surface area contributed by atoms with Crippen LogP contribution < -0.4 is 5.32 Å². The zero-order valence-electron chi connectivity index (χ0n) is 12.4. The summed E-state index contributed by atoms with van der Waals surface area (Å²) in [7, 11) is 0. The van der Waals surface area contributed by atoms with Crippen molar-refractivity contribution in [2.24, 2.45) is 5.92 Å². The van der Waals surface area contributed by atoms with Gasteiger partial charge in [-0.2, -0.15) is 0 Å². The van der Waals surface area contributed by atoms with Gasteiger partial charge < -0.3 is 10.1 Å². The Bertz CT molecular complexity index is 527. The molecule has 2 fully saturated rings. The predicted molar refractivity (Wildman–Crippen MR) is 87.6 cm³/mol. The molecule has 1 saturated carbocycles. The Labute approximate surface area is 140 Å². The number of nitrogens with zero attached hydrogens (tertiary/aromatic N) is 1. The molecule has 6 heteroatoms. The second-order valence-electron chi connectivity index (χ2n) is 5.90. The van der Waals surface area contributed by atoms with Crippen LogP contribution in [-0.4, -0.2) is 50.2 Å². The number of rotatable bonds is 5. The van der Waals surface area contributed by atoms with E-state index in [1.54, 1.807) is 6.07 Å². The number of hydrogen-bond donors (Lipinski definition) is 1. The molecule has 0 spiro atoms. The first-order valence-corrected chi connectivity index (χ1v) is 8.43. The number of carbonyl (C=O) groups is 1. The first-order valence-electron chi connectivity index (χ1n) is 7.67. The van der Waals surface area contributed by atoms with Crippen LogP contribution in [0.1, 0.15) is 17.9 Å². The maximum Gasteiger partial charge on any atom is 0.223 e. The lowest BCUT2D eigenvalue weighted by Crippen LogP contribution is -2.41. The number of carbonyl (C=O) groups excluding carboxylic acids is 1. The fourth-order valence-electron chi connectivity index (χ4n) is 2.94. The van der Waals surface area contributed by atoms with E-state index in [4.69, 9.17) is 27.9 Å². The minimum Gasteiger partial charge on any atom is -0.379 e. The van der Waals surface area contributed by atoms with Crippen LogP contribution in [0, 0.1) is 5.92 Å². The highest BCUT2D eigenvalue weighted by Gasteiger charge is 2.43. The molecule has 1 N–H and O–H groups in total. The van der Waals surface area contributed by atoms with E-state index in [0.717, 1.165) is 44.8 Å². The molecule has 3 rings (SSSR count). The number of halogens is 2.